The summed E-state index contributed by atoms with van der Waals surface area (Å²) in [5.74, 6) is -0.737. The maximum absolute atomic E-state index is 13.3. The van der Waals surface area contributed by atoms with Gasteiger partial charge in [-0.1, -0.05) is 0 Å². The number of hydrogen-bond acceptors (Lipinski definition) is 5. The number of carbonyl (C=O) groups is 1. The highest BCUT2D eigenvalue weighted by atomic mass is 19.1. The highest BCUT2D eigenvalue weighted by Gasteiger charge is 2.23. The minimum atomic E-state index is -0.739. The Morgan fingerprint density at radius 2 is 1.79 bits per heavy atom. The van der Waals surface area contributed by atoms with Crippen LogP contribution in [0.25, 0.3) is 22.4 Å². The zero-order valence-corrected chi connectivity index (χ0v) is 16.8. The molecule has 29 heavy (non-hydrogen) atoms. The van der Waals surface area contributed by atoms with Gasteiger partial charge in [0.15, 0.2) is 0 Å². The number of nitrogens with two attached hydrogens (primary N) is 1. The van der Waals surface area contributed by atoms with E-state index in [0.717, 1.165) is 22.4 Å². The Bertz CT molecular complexity index is 963. The molecular formula is C22H25FN4O2. The molecule has 0 aliphatic heterocycles. The number of nitrogens with one attached hydrogen (secondary N) is 1. The molecule has 0 fully saturated rings. The lowest BCUT2D eigenvalue weighted by molar-refractivity contribution is -0.156. The van der Waals surface area contributed by atoms with Crippen LogP contribution >= 0.6 is 0 Å². The Hall–Kier alpha value is -3.06. The van der Waals surface area contributed by atoms with Crippen molar-refractivity contribution in [1.29, 1.82) is 0 Å². The molecule has 3 N–H and O–H groups in total. The van der Waals surface area contributed by atoms with Crippen LogP contribution in [0.2, 0.25) is 0 Å². The van der Waals surface area contributed by atoms with Gasteiger partial charge in [-0.2, -0.15) is 5.10 Å². The van der Waals surface area contributed by atoms with Crippen molar-refractivity contribution in [3.63, 3.8) is 0 Å². The van der Waals surface area contributed by atoms with E-state index in [1.165, 1.54) is 12.1 Å². The molecular weight excluding hydrogens is 371 g/mol. The van der Waals surface area contributed by atoms with Crippen molar-refractivity contribution in [2.75, 3.05) is 0 Å². The van der Waals surface area contributed by atoms with E-state index in [0.29, 0.717) is 18.5 Å². The Kier molecular flexibility index (Phi) is 6.08. The van der Waals surface area contributed by atoms with Crippen LogP contribution in [0, 0.1) is 5.82 Å². The number of esters is 1. The maximum atomic E-state index is 13.3. The zero-order valence-electron chi connectivity index (χ0n) is 16.8. The van der Waals surface area contributed by atoms with Crippen molar-refractivity contribution in [2.45, 2.75) is 45.3 Å². The van der Waals surface area contributed by atoms with Gasteiger partial charge in [0.1, 0.15) is 23.2 Å². The summed E-state index contributed by atoms with van der Waals surface area (Å²) in [5.41, 5.74) is 9.60. The van der Waals surface area contributed by atoms with Gasteiger partial charge in [0.2, 0.25) is 0 Å². The summed E-state index contributed by atoms with van der Waals surface area (Å²) in [6.07, 6.45) is 4.31. The van der Waals surface area contributed by atoms with Crippen molar-refractivity contribution >= 4 is 5.97 Å². The first-order chi connectivity index (χ1) is 13.7. The molecule has 2 aromatic heterocycles. The molecule has 0 saturated heterocycles. The number of benzene rings is 1. The first-order valence-corrected chi connectivity index (χ1v) is 9.46. The molecule has 1 atom stereocenters. The first kappa shape index (κ1) is 20.7. The fourth-order valence-corrected chi connectivity index (χ4v) is 3.00. The molecule has 0 bridgehead atoms. The predicted molar refractivity (Wildman–Crippen MR) is 109 cm³/mol. The van der Waals surface area contributed by atoms with Crippen LogP contribution < -0.4 is 5.73 Å². The summed E-state index contributed by atoms with van der Waals surface area (Å²) >= 11 is 0. The van der Waals surface area contributed by atoms with E-state index in [-0.39, 0.29) is 5.82 Å². The van der Waals surface area contributed by atoms with Crippen molar-refractivity contribution in [1.82, 2.24) is 15.2 Å². The minimum absolute atomic E-state index is 0.307. The quantitative estimate of drug-likeness (QED) is 0.617. The summed E-state index contributed by atoms with van der Waals surface area (Å²) in [4.78, 5) is 16.2. The number of aromatic nitrogens is 3. The van der Waals surface area contributed by atoms with E-state index in [4.69, 9.17) is 10.5 Å². The molecule has 0 saturated carbocycles. The average Bonchev–Trinajstić information content (AvgIpc) is 3.10. The highest BCUT2D eigenvalue weighted by molar-refractivity contribution is 5.82. The molecule has 1 aromatic carbocycles. The fraction of sp³-hybridized carbons (Fsp3) is 0.318. The largest absolute Gasteiger partial charge is 0.459 e. The molecule has 7 heteroatoms. The second kappa shape index (κ2) is 8.53. The lowest BCUT2D eigenvalue weighted by Crippen LogP contribution is -2.37. The lowest BCUT2D eigenvalue weighted by atomic mass is 9.97. The third-order valence-electron chi connectivity index (χ3n) is 4.34. The van der Waals surface area contributed by atoms with Crippen LogP contribution in [-0.4, -0.2) is 32.8 Å². The molecule has 152 valence electrons. The number of hydrogen-bond donors (Lipinski definition) is 2. The van der Waals surface area contributed by atoms with Gasteiger partial charge in [0.05, 0.1) is 0 Å². The van der Waals surface area contributed by atoms with Crippen LogP contribution in [0.4, 0.5) is 4.39 Å². The smallest absolute Gasteiger partial charge is 0.323 e. The molecule has 0 amide bonds. The van der Waals surface area contributed by atoms with E-state index in [9.17, 15) is 9.18 Å². The number of halogens is 1. The summed E-state index contributed by atoms with van der Waals surface area (Å²) in [6, 6.07) is 9.21. The minimum Gasteiger partial charge on any atom is -0.459 e. The van der Waals surface area contributed by atoms with Crippen LogP contribution in [0.3, 0.4) is 0 Å². The van der Waals surface area contributed by atoms with Gasteiger partial charge < -0.3 is 10.5 Å². The topological polar surface area (TPSA) is 93.9 Å². The molecule has 0 spiro atoms. The highest BCUT2D eigenvalue weighted by Crippen LogP contribution is 2.33. The molecule has 0 aliphatic carbocycles. The van der Waals surface area contributed by atoms with Gasteiger partial charge >= 0.3 is 5.97 Å². The third-order valence-corrected chi connectivity index (χ3v) is 4.34. The van der Waals surface area contributed by atoms with Crippen LogP contribution in [0.15, 0.2) is 48.8 Å². The normalized spacial score (nSPS) is 12.6. The number of ether oxygens (including phenoxy) is 1. The van der Waals surface area contributed by atoms with Gasteiger partial charge in [-0.3, -0.25) is 14.9 Å². The second-order valence-corrected chi connectivity index (χ2v) is 7.85. The number of aromatic amines is 1. The molecule has 2 heterocycles. The summed E-state index contributed by atoms with van der Waals surface area (Å²) in [7, 11) is 0. The Morgan fingerprint density at radius 1 is 1.14 bits per heavy atom. The summed E-state index contributed by atoms with van der Waals surface area (Å²) < 4.78 is 18.7. The van der Waals surface area contributed by atoms with Crippen molar-refractivity contribution in [3.8, 4) is 22.4 Å². The Labute approximate surface area is 169 Å². The van der Waals surface area contributed by atoms with Gasteiger partial charge in [0.25, 0.3) is 0 Å². The SMILES string of the molecule is CC(C)(C)OC(=O)C(N)CCc1[nH]nc(-c2ccc(F)cc2)c1-c1ccncc1. The standard InChI is InChI=1S/C22H25FN4O2/c1-22(2,3)29-21(28)17(24)8-9-18-19(14-10-12-25-13-11-14)20(27-26-18)15-4-6-16(23)7-5-15/h4-7,10-13,17H,8-9,24H2,1-3H3,(H,26,27). The van der Waals surface area contributed by atoms with Crippen molar-refractivity contribution in [2.24, 2.45) is 5.73 Å². The van der Waals surface area contributed by atoms with Crippen LogP contribution in [-0.2, 0) is 16.0 Å². The van der Waals surface area contributed by atoms with E-state index in [1.54, 1.807) is 24.5 Å². The molecule has 0 radical (unpaired) electrons. The molecule has 0 aliphatic rings. The predicted octanol–water partition coefficient (Wildman–Crippen LogP) is 3.88. The van der Waals surface area contributed by atoms with E-state index in [1.807, 2.05) is 32.9 Å². The van der Waals surface area contributed by atoms with Gasteiger partial charge in [-0.25, -0.2) is 4.39 Å². The number of carbonyl (C=O) groups excluding carboxylic acids is 1. The van der Waals surface area contributed by atoms with E-state index >= 15 is 0 Å². The monoisotopic (exact) mass is 396 g/mol. The van der Waals surface area contributed by atoms with Crippen LogP contribution in [0.5, 0.6) is 0 Å². The number of aryl methyl sites for hydroxylation is 1. The van der Waals surface area contributed by atoms with Gasteiger partial charge in [0, 0.05) is 29.2 Å². The van der Waals surface area contributed by atoms with E-state index < -0.39 is 17.6 Å². The Balaban J connectivity index is 1.87. The number of pyridine rings is 1. The number of rotatable bonds is 6. The third kappa shape index (κ3) is 5.26. The first-order valence-electron chi connectivity index (χ1n) is 9.46. The number of H-pyrrole nitrogens is 1. The summed E-state index contributed by atoms with van der Waals surface area (Å²) in [5, 5.41) is 7.51. The van der Waals surface area contributed by atoms with Gasteiger partial charge in [-0.05, 0) is 75.6 Å². The fourth-order valence-electron chi connectivity index (χ4n) is 3.00. The Morgan fingerprint density at radius 3 is 2.41 bits per heavy atom. The maximum Gasteiger partial charge on any atom is 0.323 e. The van der Waals surface area contributed by atoms with Crippen LogP contribution in [0.1, 0.15) is 32.9 Å². The second-order valence-electron chi connectivity index (χ2n) is 7.85. The lowest BCUT2D eigenvalue weighted by Gasteiger charge is -2.22. The van der Waals surface area contributed by atoms with E-state index in [2.05, 4.69) is 15.2 Å². The summed E-state index contributed by atoms with van der Waals surface area (Å²) in [6.45, 7) is 5.43. The van der Waals surface area contributed by atoms with Crippen molar-refractivity contribution in [3.05, 3.63) is 60.3 Å². The molecule has 6 nitrogen and oxygen atoms in total. The average molecular weight is 396 g/mol. The van der Waals surface area contributed by atoms with Crippen molar-refractivity contribution < 1.29 is 13.9 Å². The zero-order chi connectivity index (χ0) is 21.0. The molecule has 1 unspecified atom stereocenters. The molecule has 3 rings (SSSR count). The van der Waals surface area contributed by atoms with Gasteiger partial charge in [-0.15, -0.1) is 0 Å². The number of nitrogens with zero attached hydrogens (tertiary/aromatic N) is 2. The molecule has 3 aromatic rings.